The lowest BCUT2D eigenvalue weighted by Crippen LogP contribution is -2.32. The number of para-hydroxylation sites is 1. The minimum Gasteiger partial charge on any atom is -0.440 e. The van der Waals surface area contributed by atoms with Gasteiger partial charge in [0.25, 0.3) is 0 Å². The largest absolute Gasteiger partial charge is 0.440 e. The standard InChI is InChI=1S/C29H30ClN3O2/c1-6-32(7-2)20-13-14-23(18(4)17-20)29(26-22(28(34)35-29)15-16-31-27(26)30)25-19(5)33(8-3)24-12-10-9-11-21(24)25/h9-17H,6-8H2,1-5H3. The second-order valence-corrected chi connectivity index (χ2v) is 9.35. The maximum Gasteiger partial charge on any atom is 0.340 e. The van der Waals surface area contributed by atoms with E-state index in [0.717, 1.165) is 58.6 Å². The Bertz CT molecular complexity index is 1450. The molecule has 0 amide bonds. The normalized spacial score (nSPS) is 17.0. The molecule has 0 N–H and O–H groups in total. The number of pyridine rings is 1. The molecule has 0 spiro atoms. The third-order valence-corrected chi connectivity index (χ3v) is 7.63. The molecule has 1 aliphatic rings. The van der Waals surface area contributed by atoms with E-state index >= 15 is 0 Å². The van der Waals surface area contributed by atoms with E-state index in [0.29, 0.717) is 11.1 Å². The molecule has 3 heterocycles. The Labute approximate surface area is 211 Å². The van der Waals surface area contributed by atoms with Crippen molar-refractivity contribution in [1.29, 1.82) is 0 Å². The van der Waals surface area contributed by atoms with Crippen molar-refractivity contribution in [2.45, 2.75) is 46.8 Å². The Kier molecular flexibility index (Phi) is 5.84. The highest BCUT2D eigenvalue weighted by Crippen LogP contribution is 2.53. The highest BCUT2D eigenvalue weighted by atomic mass is 35.5. The fourth-order valence-corrected chi connectivity index (χ4v) is 6.09. The Hall–Kier alpha value is -3.31. The monoisotopic (exact) mass is 487 g/mol. The van der Waals surface area contributed by atoms with Gasteiger partial charge in [0, 0.05) is 59.2 Å². The maximum atomic E-state index is 13.4. The summed E-state index contributed by atoms with van der Waals surface area (Å²) in [5, 5.41) is 1.33. The lowest BCUT2D eigenvalue weighted by molar-refractivity contribution is 0.0252. The number of nitrogens with zero attached hydrogens (tertiary/aromatic N) is 3. The second kappa shape index (κ2) is 8.72. The number of ether oxygens (including phenoxy) is 1. The van der Waals surface area contributed by atoms with Crippen LogP contribution in [0.5, 0.6) is 0 Å². The van der Waals surface area contributed by atoms with Crippen LogP contribution in [0.2, 0.25) is 5.15 Å². The van der Waals surface area contributed by atoms with Gasteiger partial charge in [-0.1, -0.05) is 35.9 Å². The summed E-state index contributed by atoms with van der Waals surface area (Å²) in [6, 6.07) is 16.4. The number of fused-ring (bicyclic) bond motifs is 2. The van der Waals surface area contributed by atoms with Crippen molar-refractivity contribution >= 4 is 34.2 Å². The number of aromatic nitrogens is 2. The number of aryl methyl sites for hydroxylation is 2. The molecule has 5 rings (SSSR count). The number of carbonyl (C=O) groups is 1. The van der Waals surface area contributed by atoms with Crippen LogP contribution in [-0.2, 0) is 16.9 Å². The fourth-order valence-electron chi connectivity index (χ4n) is 5.80. The van der Waals surface area contributed by atoms with Gasteiger partial charge >= 0.3 is 5.97 Å². The van der Waals surface area contributed by atoms with Crippen LogP contribution in [0.4, 0.5) is 5.69 Å². The number of esters is 1. The van der Waals surface area contributed by atoms with E-state index in [1.165, 1.54) is 0 Å². The van der Waals surface area contributed by atoms with Crippen molar-refractivity contribution in [3.8, 4) is 0 Å². The van der Waals surface area contributed by atoms with E-state index in [1.807, 2.05) is 12.1 Å². The van der Waals surface area contributed by atoms with Crippen LogP contribution in [0.1, 0.15) is 59.1 Å². The van der Waals surface area contributed by atoms with Gasteiger partial charge in [-0.15, -0.1) is 0 Å². The summed E-state index contributed by atoms with van der Waals surface area (Å²) in [6.07, 6.45) is 1.57. The van der Waals surface area contributed by atoms with Crippen molar-refractivity contribution in [2.24, 2.45) is 0 Å². The third kappa shape index (κ3) is 3.29. The summed E-state index contributed by atoms with van der Waals surface area (Å²) in [5.41, 5.74) is 6.03. The van der Waals surface area contributed by atoms with E-state index in [4.69, 9.17) is 16.3 Å². The lowest BCUT2D eigenvalue weighted by atomic mass is 9.77. The first-order chi connectivity index (χ1) is 16.9. The minimum atomic E-state index is -1.20. The molecule has 0 saturated heterocycles. The van der Waals surface area contributed by atoms with Gasteiger partial charge in [0.05, 0.1) is 11.1 Å². The van der Waals surface area contributed by atoms with Crippen molar-refractivity contribution < 1.29 is 9.53 Å². The van der Waals surface area contributed by atoms with E-state index in [-0.39, 0.29) is 11.1 Å². The topological polar surface area (TPSA) is 47.4 Å². The van der Waals surface area contributed by atoms with Crippen LogP contribution in [0, 0.1) is 13.8 Å². The number of benzene rings is 2. The molecule has 1 atom stereocenters. The van der Waals surface area contributed by atoms with Gasteiger partial charge in [0.1, 0.15) is 5.15 Å². The van der Waals surface area contributed by atoms with Crippen molar-refractivity contribution in [3.05, 3.63) is 93.4 Å². The SMILES string of the molecule is CCN(CC)c1ccc(C2(c3c(C)n(CC)c4ccccc34)OC(=O)c3ccnc(Cl)c32)c(C)c1. The number of rotatable bonds is 6. The summed E-state index contributed by atoms with van der Waals surface area (Å²) in [4.78, 5) is 20.1. The van der Waals surface area contributed by atoms with Crippen molar-refractivity contribution in [3.63, 3.8) is 0 Å². The summed E-state index contributed by atoms with van der Waals surface area (Å²) in [5.74, 6) is -0.385. The number of hydrogen-bond donors (Lipinski definition) is 0. The van der Waals surface area contributed by atoms with Crippen LogP contribution in [0.25, 0.3) is 10.9 Å². The average molecular weight is 488 g/mol. The molecule has 1 aliphatic heterocycles. The highest BCUT2D eigenvalue weighted by molar-refractivity contribution is 6.31. The molecule has 0 fully saturated rings. The Morgan fingerprint density at radius 1 is 1.03 bits per heavy atom. The molecule has 35 heavy (non-hydrogen) atoms. The highest BCUT2D eigenvalue weighted by Gasteiger charge is 2.53. The molecule has 2 aromatic heterocycles. The summed E-state index contributed by atoms with van der Waals surface area (Å²) in [7, 11) is 0. The van der Waals surface area contributed by atoms with Crippen LogP contribution in [0.3, 0.4) is 0 Å². The first-order valence-corrected chi connectivity index (χ1v) is 12.6. The molecule has 6 heteroatoms. The Balaban J connectivity index is 1.91. The Morgan fingerprint density at radius 2 is 1.77 bits per heavy atom. The predicted octanol–water partition coefficient (Wildman–Crippen LogP) is 6.63. The zero-order valence-corrected chi connectivity index (χ0v) is 21.6. The number of carbonyl (C=O) groups excluding carboxylic acids is 1. The quantitative estimate of drug-likeness (QED) is 0.226. The van der Waals surface area contributed by atoms with Gasteiger partial charge in [0.15, 0.2) is 5.60 Å². The van der Waals surface area contributed by atoms with E-state index in [1.54, 1.807) is 12.3 Å². The summed E-state index contributed by atoms with van der Waals surface area (Å²) in [6.45, 7) is 13.2. The van der Waals surface area contributed by atoms with Gasteiger partial charge in [-0.25, -0.2) is 9.78 Å². The molecule has 5 nitrogen and oxygen atoms in total. The zero-order chi connectivity index (χ0) is 24.9. The smallest absolute Gasteiger partial charge is 0.340 e. The number of halogens is 1. The first-order valence-electron chi connectivity index (χ1n) is 12.2. The van der Waals surface area contributed by atoms with E-state index in [9.17, 15) is 4.79 Å². The van der Waals surface area contributed by atoms with E-state index < -0.39 is 5.60 Å². The molecule has 0 aliphatic carbocycles. The van der Waals surface area contributed by atoms with Crippen molar-refractivity contribution in [1.82, 2.24) is 9.55 Å². The van der Waals surface area contributed by atoms with Gasteiger partial charge in [-0.2, -0.15) is 0 Å². The molecule has 1 unspecified atom stereocenters. The second-order valence-electron chi connectivity index (χ2n) is 8.99. The number of anilines is 1. The van der Waals surface area contributed by atoms with Gasteiger partial charge in [0.2, 0.25) is 0 Å². The van der Waals surface area contributed by atoms with Gasteiger partial charge in [-0.05, 0) is 64.4 Å². The molecule has 0 bridgehead atoms. The van der Waals surface area contributed by atoms with Crippen LogP contribution < -0.4 is 4.90 Å². The molecule has 0 radical (unpaired) electrons. The zero-order valence-electron chi connectivity index (χ0n) is 20.9. The number of cyclic esters (lactones) is 1. The number of hydrogen-bond acceptors (Lipinski definition) is 4. The first kappa shape index (κ1) is 23.4. The Morgan fingerprint density at radius 3 is 2.46 bits per heavy atom. The van der Waals surface area contributed by atoms with Crippen LogP contribution in [-0.4, -0.2) is 28.6 Å². The molecular weight excluding hydrogens is 458 g/mol. The van der Waals surface area contributed by atoms with Crippen molar-refractivity contribution in [2.75, 3.05) is 18.0 Å². The lowest BCUT2D eigenvalue weighted by Gasteiger charge is -2.33. The van der Waals surface area contributed by atoms with Gasteiger partial charge < -0.3 is 14.2 Å². The molecule has 2 aromatic carbocycles. The molecule has 4 aromatic rings. The summed E-state index contributed by atoms with van der Waals surface area (Å²) >= 11 is 6.78. The van der Waals surface area contributed by atoms with Crippen LogP contribution >= 0.6 is 11.6 Å². The average Bonchev–Trinajstić information content (AvgIpc) is 3.31. The van der Waals surface area contributed by atoms with E-state index in [2.05, 4.69) is 79.4 Å². The van der Waals surface area contributed by atoms with Gasteiger partial charge in [-0.3, -0.25) is 0 Å². The predicted molar refractivity (Wildman–Crippen MR) is 142 cm³/mol. The minimum absolute atomic E-state index is 0.285. The molecular formula is C29H30ClN3O2. The van der Waals surface area contributed by atoms with Crippen LogP contribution in [0.15, 0.2) is 54.7 Å². The molecule has 0 saturated carbocycles. The third-order valence-electron chi connectivity index (χ3n) is 7.34. The maximum absolute atomic E-state index is 13.4. The summed E-state index contributed by atoms with van der Waals surface area (Å²) < 4.78 is 8.73. The fraction of sp³-hybridized carbons (Fsp3) is 0.310. The molecule has 180 valence electrons.